The molecule has 0 unspecified atom stereocenters. The Bertz CT molecular complexity index is 470. The summed E-state index contributed by atoms with van der Waals surface area (Å²) in [6.07, 6.45) is 0. The van der Waals surface area contributed by atoms with Crippen LogP contribution in [0.1, 0.15) is 0 Å². The maximum Gasteiger partial charge on any atom is 0.534 e. The summed E-state index contributed by atoms with van der Waals surface area (Å²) < 4.78 is 61.7. The fourth-order valence-electron chi connectivity index (χ4n) is 1.04. The fourth-order valence-corrected chi connectivity index (χ4v) is 2.55. The molecule has 0 fully saturated rings. The molecule has 0 saturated carbocycles. The molecule has 1 aromatic carbocycles. The Balaban J connectivity index is 3.06. The zero-order valence-electron chi connectivity index (χ0n) is 8.28. The largest absolute Gasteiger partial charge is 0.534 e. The second-order valence-electron chi connectivity index (χ2n) is 2.94. The van der Waals surface area contributed by atoms with E-state index in [0.717, 1.165) is 0 Å². The Labute approximate surface area is 93.2 Å². The SMILES string of the molecule is C[SiH2]c1ccccc1OS(=O)(=O)C(F)(F)F. The van der Waals surface area contributed by atoms with E-state index in [4.69, 9.17) is 0 Å². The van der Waals surface area contributed by atoms with Gasteiger partial charge in [-0.3, -0.25) is 0 Å². The number of para-hydroxylation sites is 1. The van der Waals surface area contributed by atoms with Gasteiger partial charge in [0.15, 0.2) is 0 Å². The molecule has 0 bridgehead atoms. The van der Waals surface area contributed by atoms with Gasteiger partial charge >= 0.3 is 15.6 Å². The van der Waals surface area contributed by atoms with Crippen molar-refractivity contribution in [2.45, 2.75) is 12.1 Å². The normalized spacial score (nSPS) is 13.2. The zero-order valence-corrected chi connectivity index (χ0v) is 10.5. The van der Waals surface area contributed by atoms with Gasteiger partial charge in [-0.15, -0.1) is 0 Å². The van der Waals surface area contributed by atoms with Crippen LogP contribution in [0.4, 0.5) is 13.2 Å². The molecule has 0 atom stereocenters. The molecule has 0 aliphatic rings. The van der Waals surface area contributed by atoms with Crippen molar-refractivity contribution >= 4 is 24.8 Å². The number of halogens is 3. The van der Waals surface area contributed by atoms with Gasteiger partial charge in [-0.05, 0) is 11.3 Å². The standard InChI is InChI=1S/C8H9F3O3SSi/c1-16-7-5-3-2-4-6(7)14-15(12,13)8(9,10)11/h2-5H,16H2,1H3. The quantitative estimate of drug-likeness (QED) is 0.462. The first-order chi connectivity index (χ1) is 7.28. The van der Waals surface area contributed by atoms with Crippen LogP contribution in [0.25, 0.3) is 0 Å². The van der Waals surface area contributed by atoms with Gasteiger partial charge in [-0.1, -0.05) is 24.7 Å². The van der Waals surface area contributed by atoms with Crippen molar-refractivity contribution in [3.05, 3.63) is 24.3 Å². The Morgan fingerprint density at radius 3 is 2.31 bits per heavy atom. The molecule has 1 aromatic rings. The van der Waals surface area contributed by atoms with Crippen molar-refractivity contribution in [3.8, 4) is 5.75 Å². The third-order valence-electron chi connectivity index (χ3n) is 1.84. The zero-order chi connectivity index (χ0) is 12.4. The highest BCUT2D eigenvalue weighted by atomic mass is 32.2. The van der Waals surface area contributed by atoms with Crippen molar-refractivity contribution in [1.29, 1.82) is 0 Å². The second kappa shape index (κ2) is 4.46. The monoisotopic (exact) mass is 270 g/mol. The summed E-state index contributed by atoms with van der Waals surface area (Å²) >= 11 is 0. The second-order valence-corrected chi connectivity index (χ2v) is 5.95. The van der Waals surface area contributed by atoms with Crippen LogP contribution in [0.2, 0.25) is 6.55 Å². The number of rotatable bonds is 3. The van der Waals surface area contributed by atoms with Gasteiger partial charge in [0.05, 0.1) is 9.52 Å². The van der Waals surface area contributed by atoms with Crippen molar-refractivity contribution < 1.29 is 25.8 Å². The molecular formula is C8H9F3O3SSi. The van der Waals surface area contributed by atoms with Crippen LogP contribution in [0.15, 0.2) is 24.3 Å². The maximum absolute atomic E-state index is 12.1. The molecule has 8 heteroatoms. The minimum Gasteiger partial charge on any atom is -0.376 e. The number of hydrogen-bond donors (Lipinski definition) is 0. The Hall–Kier alpha value is -1.02. The highest BCUT2D eigenvalue weighted by molar-refractivity contribution is 7.88. The van der Waals surface area contributed by atoms with E-state index in [1.54, 1.807) is 12.1 Å². The third-order valence-corrected chi connectivity index (χ3v) is 4.15. The summed E-state index contributed by atoms with van der Waals surface area (Å²) in [6, 6.07) is 5.83. The molecule has 0 aromatic heterocycles. The predicted molar refractivity (Wildman–Crippen MR) is 56.1 cm³/mol. The fraction of sp³-hybridized carbons (Fsp3) is 0.250. The Morgan fingerprint density at radius 2 is 1.81 bits per heavy atom. The molecule has 0 radical (unpaired) electrons. The van der Waals surface area contributed by atoms with E-state index in [9.17, 15) is 21.6 Å². The molecule has 0 heterocycles. The number of benzene rings is 1. The van der Waals surface area contributed by atoms with Crippen LogP contribution in [-0.2, 0) is 10.1 Å². The van der Waals surface area contributed by atoms with E-state index in [1.807, 2.05) is 6.55 Å². The lowest BCUT2D eigenvalue weighted by molar-refractivity contribution is -0.0499. The highest BCUT2D eigenvalue weighted by Crippen LogP contribution is 2.25. The van der Waals surface area contributed by atoms with E-state index in [2.05, 4.69) is 4.18 Å². The van der Waals surface area contributed by atoms with Crippen LogP contribution < -0.4 is 9.37 Å². The molecule has 90 valence electrons. The Morgan fingerprint density at radius 1 is 1.25 bits per heavy atom. The van der Waals surface area contributed by atoms with Gasteiger partial charge in [0, 0.05) is 0 Å². The van der Waals surface area contributed by atoms with E-state index >= 15 is 0 Å². The summed E-state index contributed by atoms with van der Waals surface area (Å²) in [5.41, 5.74) is -5.39. The minimum atomic E-state index is -5.56. The number of hydrogen-bond acceptors (Lipinski definition) is 3. The molecular weight excluding hydrogens is 261 g/mol. The van der Waals surface area contributed by atoms with E-state index in [-0.39, 0.29) is 5.75 Å². The first-order valence-electron chi connectivity index (χ1n) is 4.36. The van der Waals surface area contributed by atoms with Gasteiger partial charge in [-0.25, -0.2) is 0 Å². The lowest BCUT2D eigenvalue weighted by Crippen LogP contribution is -2.30. The summed E-state index contributed by atoms with van der Waals surface area (Å²) in [6.45, 7) is 1.82. The van der Waals surface area contributed by atoms with Gasteiger partial charge < -0.3 is 4.18 Å². The van der Waals surface area contributed by atoms with Gasteiger partial charge in [0.25, 0.3) is 0 Å². The molecule has 0 N–H and O–H groups in total. The first-order valence-corrected chi connectivity index (χ1v) is 7.89. The van der Waals surface area contributed by atoms with Crippen LogP contribution in [-0.4, -0.2) is 23.4 Å². The van der Waals surface area contributed by atoms with Crippen LogP contribution in [0.5, 0.6) is 5.75 Å². The Kier molecular flexibility index (Phi) is 3.63. The van der Waals surface area contributed by atoms with E-state index in [1.165, 1.54) is 12.1 Å². The van der Waals surface area contributed by atoms with Gasteiger partial charge in [0.2, 0.25) is 0 Å². The van der Waals surface area contributed by atoms with Gasteiger partial charge in [0.1, 0.15) is 5.75 Å². The average molecular weight is 270 g/mol. The van der Waals surface area contributed by atoms with Crippen molar-refractivity contribution in [2.24, 2.45) is 0 Å². The molecule has 0 aliphatic heterocycles. The van der Waals surface area contributed by atoms with Crippen molar-refractivity contribution in [1.82, 2.24) is 0 Å². The summed E-state index contributed by atoms with van der Waals surface area (Å²) in [4.78, 5) is 0. The first kappa shape index (κ1) is 13.0. The molecule has 0 saturated heterocycles. The van der Waals surface area contributed by atoms with Gasteiger partial charge in [-0.2, -0.15) is 21.6 Å². The number of alkyl halides is 3. The lowest BCUT2D eigenvalue weighted by Gasteiger charge is -2.11. The maximum atomic E-state index is 12.1. The summed E-state index contributed by atoms with van der Waals surface area (Å²) in [7, 11) is -6.37. The minimum absolute atomic E-state index is 0.228. The molecule has 16 heavy (non-hydrogen) atoms. The van der Waals surface area contributed by atoms with Crippen LogP contribution in [0.3, 0.4) is 0 Å². The summed E-state index contributed by atoms with van der Waals surface area (Å²) in [5.74, 6) is -0.228. The topological polar surface area (TPSA) is 43.4 Å². The molecule has 0 aliphatic carbocycles. The van der Waals surface area contributed by atoms with Crippen LogP contribution >= 0.6 is 0 Å². The molecule has 1 rings (SSSR count). The smallest absolute Gasteiger partial charge is 0.376 e. The predicted octanol–water partition coefficient (Wildman–Crippen LogP) is 0.757. The summed E-state index contributed by atoms with van der Waals surface area (Å²) in [5, 5.41) is 0.537. The van der Waals surface area contributed by atoms with Crippen LogP contribution in [0, 0.1) is 0 Å². The third kappa shape index (κ3) is 2.76. The molecule has 3 nitrogen and oxygen atoms in total. The van der Waals surface area contributed by atoms with Crippen molar-refractivity contribution in [2.75, 3.05) is 0 Å². The van der Waals surface area contributed by atoms with Crippen molar-refractivity contribution in [3.63, 3.8) is 0 Å². The van der Waals surface area contributed by atoms with E-state index < -0.39 is 25.1 Å². The highest BCUT2D eigenvalue weighted by Gasteiger charge is 2.48. The lowest BCUT2D eigenvalue weighted by atomic mass is 10.3. The average Bonchev–Trinajstić information content (AvgIpc) is 2.16. The van der Waals surface area contributed by atoms with E-state index in [0.29, 0.717) is 5.19 Å². The molecule has 0 amide bonds. The molecule has 0 spiro atoms.